The van der Waals surface area contributed by atoms with Gasteiger partial charge in [-0.1, -0.05) is 41.9 Å². The molecular weight excluding hydrogens is 440 g/mol. The number of nitrogens with one attached hydrogen (secondary N) is 1. The number of thiazole rings is 1. The van der Waals surface area contributed by atoms with Gasteiger partial charge in [-0.25, -0.2) is 9.78 Å². The predicted molar refractivity (Wildman–Crippen MR) is 123 cm³/mol. The third-order valence-electron chi connectivity index (χ3n) is 4.24. The summed E-state index contributed by atoms with van der Waals surface area (Å²) in [6.45, 7) is 0.0642. The van der Waals surface area contributed by atoms with Crippen LogP contribution < -0.4 is 5.32 Å². The fourth-order valence-corrected chi connectivity index (χ4v) is 4.07. The van der Waals surface area contributed by atoms with E-state index in [0.717, 1.165) is 16.3 Å². The lowest BCUT2D eigenvalue weighted by atomic mass is 10.1. The first-order valence-corrected chi connectivity index (χ1v) is 11.9. The third-order valence-corrected chi connectivity index (χ3v) is 6.08. The summed E-state index contributed by atoms with van der Waals surface area (Å²) in [5.41, 5.74) is 2.14. The number of hydrogen-bond donors (Lipinski definition) is 1. The first-order chi connectivity index (χ1) is 14.6. The Kier molecular flexibility index (Phi) is 8.30. The van der Waals surface area contributed by atoms with Gasteiger partial charge in [0.05, 0.1) is 5.69 Å². The second kappa shape index (κ2) is 11.2. The van der Waals surface area contributed by atoms with E-state index in [1.165, 1.54) is 11.3 Å². The van der Waals surface area contributed by atoms with Crippen molar-refractivity contribution in [1.29, 1.82) is 0 Å². The summed E-state index contributed by atoms with van der Waals surface area (Å²) in [7, 11) is 0. The van der Waals surface area contributed by atoms with Gasteiger partial charge in [-0.3, -0.25) is 4.79 Å². The molecule has 156 valence electrons. The van der Waals surface area contributed by atoms with Crippen molar-refractivity contribution in [1.82, 2.24) is 10.3 Å². The third kappa shape index (κ3) is 6.32. The first kappa shape index (κ1) is 22.3. The van der Waals surface area contributed by atoms with Crippen molar-refractivity contribution in [3.8, 4) is 10.6 Å². The van der Waals surface area contributed by atoms with Crippen LogP contribution in [0.3, 0.4) is 0 Å². The largest absolute Gasteiger partial charge is 0.458 e. The molecule has 1 heterocycles. The van der Waals surface area contributed by atoms with Crippen LogP contribution >= 0.6 is 34.7 Å². The molecule has 0 saturated heterocycles. The Morgan fingerprint density at radius 1 is 1.17 bits per heavy atom. The lowest BCUT2D eigenvalue weighted by Gasteiger charge is -2.17. The van der Waals surface area contributed by atoms with Crippen molar-refractivity contribution in [3.63, 3.8) is 0 Å². The van der Waals surface area contributed by atoms with Crippen molar-refractivity contribution in [2.24, 2.45) is 0 Å². The van der Waals surface area contributed by atoms with E-state index in [1.807, 2.05) is 42.0 Å². The molecule has 0 unspecified atom stereocenters. The number of rotatable bonds is 9. The average molecular weight is 461 g/mol. The highest BCUT2D eigenvalue weighted by atomic mass is 35.5. The highest BCUT2D eigenvalue weighted by molar-refractivity contribution is 7.98. The zero-order chi connectivity index (χ0) is 21.3. The van der Waals surface area contributed by atoms with Gasteiger partial charge in [0, 0.05) is 21.5 Å². The minimum Gasteiger partial charge on any atom is -0.458 e. The Bertz CT molecular complexity index is 978. The van der Waals surface area contributed by atoms with E-state index in [1.54, 1.807) is 36.0 Å². The zero-order valence-corrected chi connectivity index (χ0v) is 18.7. The molecule has 3 aromatic rings. The molecule has 3 rings (SSSR count). The molecule has 2 aromatic carbocycles. The topological polar surface area (TPSA) is 68.3 Å². The summed E-state index contributed by atoms with van der Waals surface area (Å²) in [5, 5.41) is 6.06. The molecule has 0 radical (unpaired) electrons. The first-order valence-electron chi connectivity index (χ1n) is 9.28. The molecule has 0 spiro atoms. The normalized spacial score (nSPS) is 11.7. The number of carbonyl (C=O) groups is 2. The van der Waals surface area contributed by atoms with Crippen LogP contribution in [0.2, 0.25) is 5.02 Å². The summed E-state index contributed by atoms with van der Waals surface area (Å²) in [6, 6.07) is 15.6. The highest BCUT2D eigenvalue weighted by Crippen LogP contribution is 2.23. The van der Waals surface area contributed by atoms with E-state index < -0.39 is 12.0 Å². The van der Waals surface area contributed by atoms with Crippen LogP contribution in [0.4, 0.5) is 0 Å². The molecule has 0 aliphatic carbocycles. The summed E-state index contributed by atoms with van der Waals surface area (Å²) in [6.07, 6.45) is 2.43. The number of thioether (sulfide) groups is 1. The zero-order valence-electron chi connectivity index (χ0n) is 16.3. The van der Waals surface area contributed by atoms with Crippen molar-refractivity contribution in [2.45, 2.75) is 19.1 Å². The number of nitrogens with zero attached hydrogens (tertiary/aromatic N) is 1. The van der Waals surface area contributed by atoms with Gasteiger partial charge in [-0.15, -0.1) is 11.3 Å². The molecule has 0 aliphatic rings. The van der Waals surface area contributed by atoms with Gasteiger partial charge in [-0.05, 0) is 42.7 Å². The average Bonchev–Trinajstić information content (AvgIpc) is 3.25. The molecule has 1 aromatic heterocycles. The minimum absolute atomic E-state index is 0.0642. The monoisotopic (exact) mass is 460 g/mol. The summed E-state index contributed by atoms with van der Waals surface area (Å²) >= 11 is 8.97. The number of halogens is 1. The van der Waals surface area contributed by atoms with Crippen LogP contribution in [-0.4, -0.2) is 34.9 Å². The number of esters is 1. The fraction of sp³-hybridized carbons (Fsp3) is 0.227. The molecule has 1 atom stereocenters. The summed E-state index contributed by atoms with van der Waals surface area (Å²) in [4.78, 5) is 29.6. The number of carbonyl (C=O) groups excluding carboxylic acids is 2. The van der Waals surface area contributed by atoms with Gasteiger partial charge in [0.15, 0.2) is 0 Å². The molecule has 30 heavy (non-hydrogen) atoms. The van der Waals surface area contributed by atoms with Gasteiger partial charge in [0.1, 0.15) is 17.7 Å². The van der Waals surface area contributed by atoms with E-state index in [9.17, 15) is 9.59 Å². The molecule has 0 fully saturated rings. The van der Waals surface area contributed by atoms with E-state index >= 15 is 0 Å². The molecule has 1 N–H and O–H groups in total. The number of ether oxygens (including phenoxy) is 1. The maximum Gasteiger partial charge on any atom is 0.329 e. The van der Waals surface area contributed by atoms with Crippen molar-refractivity contribution in [2.75, 3.05) is 12.0 Å². The standard InChI is InChI=1S/C22H21ClN2O3S2/c1-29-12-11-19(25-20(26)15-7-9-17(23)10-8-15)22(27)28-13-18-14-30-21(24-18)16-5-3-2-4-6-16/h2-10,14,19H,11-13H2,1H3,(H,25,26)/t19-/m1/s1. The number of hydrogen-bond acceptors (Lipinski definition) is 6. The van der Waals surface area contributed by atoms with Crippen LogP contribution in [0.15, 0.2) is 60.0 Å². The van der Waals surface area contributed by atoms with Crippen molar-refractivity contribution < 1.29 is 14.3 Å². The van der Waals surface area contributed by atoms with Crippen LogP contribution in [0, 0.1) is 0 Å². The van der Waals surface area contributed by atoms with Crippen molar-refractivity contribution >= 4 is 46.6 Å². The lowest BCUT2D eigenvalue weighted by molar-refractivity contribution is -0.147. The predicted octanol–water partition coefficient (Wildman–Crippen LogP) is 5.06. The maximum absolute atomic E-state index is 12.6. The second-order valence-corrected chi connectivity index (χ2v) is 8.71. The van der Waals surface area contributed by atoms with E-state index in [-0.39, 0.29) is 12.5 Å². The Balaban J connectivity index is 1.60. The Labute approximate surface area is 188 Å². The Morgan fingerprint density at radius 3 is 2.60 bits per heavy atom. The van der Waals surface area contributed by atoms with Gasteiger partial charge in [-0.2, -0.15) is 11.8 Å². The number of aromatic nitrogens is 1. The van der Waals surface area contributed by atoms with Gasteiger partial charge < -0.3 is 10.1 Å². The van der Waals surface area contributed by atoms with Crippen LogP contribution in [0.1, 0.15) is 22.5 Å². The molecule has 0 aliphatic heterocycles. The van der Waals surface area contributed by atoms with Gasteiger partial charge in [0.25, 0.3) is 5.91 Å². The molecule has 0 bridgehead atoms. The maximum atomic E-state index is 12.6. The van der Waals surface area contributed by atoms with E-state index in [4.69, 9.17) is 16.3 Å². The van der Waals surface area contributed by atoms with E-state index in [2.05, 4.69) is 10.3 Å². The molecule has 0 saturated carbocycles. The second-order valence-electron chi connectivity index (χ2n) is 6.43. The van der Waals surface area contributed by atoms with Crippen LogP contribution in [-0.2, 0) is 16.1 Å². The van der Waals surface area contributed by atoms with Crippen LogP contribution in [0.25, 0.3) is 10.6 Å². The molecule has 1 amide bonds. The van der Waals surface area contributed by atoms with Gasteiger partial charge in [0.2, 0.25) is 0 Å². The minimum atomic E-state index is -0.729. The van der Waals surface area contributed by atoms with Crippen molar-refractivity contribution in [3.05, 3.63) is 76.3 Å². The quantitative estimate of drug-likeness (QED) is 0.452. The highest BCUT2D eigenvalue weighted by Gasteiger charge is 2.23. The smallest absolute Gasteiger partial charge is 0.329 e. The fourth-order valence-electron chi connectivity index (χ4n) is 2.66. The molecule has 8 heteroatoms. The Morgan fingerprint density at radius 2 is 1.90 bits per heavy atom. The Hall–Kier alpha value is -2.35. The summed E-state index contributed by atoms with van der Waals surface area (Å²) < 4.78 is 5.45. The lowest BCUT2D eigenvalue weighted by Crippen LogP contribution is -2.42. The van der Waals surface area contributed by atoms with Gasteiger partial charge >= 0.3 is 5.97 Å². The summed E-state index contributed by atoms with van der Waals surface area (Å²) in [5.74, 6) is -0.0921. The number of amides is 1. The molecular formula is C22H21ClN2O3S2. The van der Waals surface area contributed by atoms with Crippen LogP contribution in [0.5, 0.6) is 0 Å². The SMILES string of the molecule is CSCC[C@@H](NC(=O)c1ccc(Cl)cc1)C(=O)OCc1csc(-c2ccccc2)n1. The molecule has 5 nitrogen and oxygen atoms in total. The van der Waals surface area contributed by atoms with E-state index in [0.29, 0.717) is 22.7 Å². The number of benzene rings is 2.